The first-order valence-electron chi connectivity index (χ1n) is 12.1. The summed E-state index contributed by atoms with van der Waals surface area (Å²) < 4.78 is 0. The summed E-state index contributed by atoms with van der Waals surface area (Å²) in [6.07, 6.45) is 4.11. The van der Waals surface area contributed by atoms with Gasteiger partial charge in [0.1, 0.15) is 17.8 Å². The molecule has 0 aliphatic rings. The number of rotatable bonds is 8. The topological polar surface area (TPSA) is 71.0 Å². The molecule has 0 unspecified atom stereocenters. The number of hydrogen-bond acceptors (Lipinski definition) is 5. The highest BCUT2D eigenvalue weighted by atomic mass is 16.2. The lowest BCUT2D eigenvalue weighted by molar-refractivity contribution is 0.0737. The highest BCUT2D eigenvalue weighted by Gasteiger charge is 2.17. The Bertz CT molecular complexity index is 1470. The van der Waals surface area contributed by atoms with E-state index in [1.54, 1.807) is 18.6 Å². The van der Waals surface area contributed by atoms with E-state index in [1.165, 1.54) is 0 Å². The van der Waals surface area contributed by atoms with Crippen molar-refractivity contribution in [2.24, 2.45) is 0 Å². The second kappa shape index (κ2) is 10.8. The Morgan fingerprint density at radius 3 is 2.47 bits per heavy atom. The summed E-state index contributed by atoms with van der Waals surface area (Å²) >= 11 is 0. The molecule has 0 fully saturated rings. The molecule has 0 spiro atoms. The van der Waals surface area contributed by atoms with Gasteiger partial charge in [0.25, 0.3) is 5.91 Å². The number of carbonyl (C=O) groups excluding carboxylic acids is 1. The van der Waals surface area contributed by atoms with Gasteiger partial charge in [-0.05, 0) is 65.6 Å². The molecule has 36 heavy (non-hydrogen) atoms. The lowest BCUT2D eigenvalue weighted by Gasteiger charge is -2.22. The number of pyridine rings is 1. The molecular weight excluding hydrogens is 446 g/mol. The molecule has 5 rings (SSSR count). The van der Waals surface area contributed by atoms with Crippen LogP contribution in [0.2, 0.25) is 0 Å². The maximum atomic E-state index is 13.1. The maximum absolute atomic E-state index is 13.1. The molecule has 0 aliphatic carbocycles. The minimum absolute atomic E-state index is 0.0534. The largest absolute Gasteiger partial charge is 0.340 e. The van der Waals surface area contributed by atoms with Gasteiger partial charge in [0.05, 0.1) is 5.52 Å². The monoisotopic (exact) mass is 473 g/mol. The number of anilines is 2. The van der Waals surface area contributed by atoms with E-state index in [0.717, 1.165) is 45.5 Å². The number of nitrogens with zero attached hydrogens (tertiary/aromatic N) is 4. The lowest BCUT2D eigenvalue weighted by Crippen LogP contribution is -2.31. The van der Waals surface area contributed by atoms with Gasteiger partial charge in [-0.1, -0.05) is 55.5 Å². The smallest absolute Gasteiger partial charge is 0.272 e. The van der Waals surface area contributed by atoms with Crippen LogP contribution in [0.4, 0.5) is 11.5 Å². The summed E-state index contributed by atoms with van der Waals surface area (Å²) in [5, 5.41) is 4.35. The van der Waals surface area contributed by atoms with Crippen molar-refractivity contribution in [3.05, 3.63) is 115 Å². The van der Waals surface area contributed by atoms with Crippen molar-refractivity contribution in [2.45, 2.75) is 19.9 Å². The van der Waals surface area contributed by atoms with Gasteiger partial charge in [-0.2, -0.15) is 0 Å². The SMILES string of the molecule is CCCN(Cc1cccc(-c2ccc3ncnc(Nc4ccccc4)c3c2)c1)C(=O)c1ccccn1. The number of fused-ring (bicyclic) bond motifs is 1. The summed E-state index contributed by atoms with van der Waals surface area (Å²) in [4.78, 5) is 28.1. The van der Waals surface area contributed by atoms with E-state index in [0.29, 0.717) is 18.8 Å². The van der Waals surface area contributed by atoms with Crippen LogP contribution in [0, 0.1) is 0 Å². The molecule has 0 bridgehead atoms. The molecule has 3 aromatic carbocycles. The summed E-state index contributed by atoms with van der Waals surface area (Å²) in [6, 6.07) is 29.9. The van der Waals surface area contributed by atoms with E-state index in [4.69, 9.17) is 0 Å². The number of aromatic nitrogens is 3. The third kappa shape index (κ3) is 5.23. The fourth-order valence-corrected chi connectivity index (χ4v) is 4.24. The van der Waals surface area contributed by atoms with Crippen LogP contribution in [0.25, 0.3) is 22.0 Å². The quantitative estimate of drug-likeness (QED) is 0.279. The van der Waals surface area contributed by atoms with Gasteiger partial charge in [-0.15, -0.1) is 0 Å². The predicted octanol–water partition coefficient (Wildman–Crippen LogP) is 6.49. The Morgan fingerprint density at radius 2 is 1.67 bits per heavy atom. The van der Waals surface area contributed by atoms with E-state index in [9.17, 15) is 4.79 Å². The predicted molar refractivity (Wildman–Crippen MR) is 144 cm³/mol. The van der Waals surface area contributed by atoms with Crippen molar-refractivity contribution in [1.29, 1.82) is 0 Å². The van der Waals surface area contributed by atoms with Crippen molar-refractivity contribution in [1.82, 2.24) is 19.9 Å². The molecule has 178 valence electrons. The van der Waals surface area contributed by atoms with E-state index >= 15 is 0 Å². The van der Waals surface area contributed by atoms with E-state index < -0.39 is 0 Å². The first kappa shape index (κ1) is 23.2. The molecular formula is C30H27N5O. The number of nitrogens with one attached hydrogen (secondary N) is 1. The minimum atomic E-state index is -0.0534. The average molecular weight is 474 g/mol. The van der Waals surface area contributed by atoms with E-state index in [1.807, 2.05) is 59.5 Å². The molecule has 5 aromatic rings. The molecule has 0 saturated heterocycles. The first-order chi connectivity index (χ1) is 17.7. The van der Waals surface area contributed by atoms with Crippen LogP contribution < -0.4 is 5.32 Å². The van der Waals surface area contributed by atoms with E-state index in [-0.39, 0.29) is 5.91 Å². The van der Waals surface area contributed by atoms with Crippen LogP contribution in [-0.4, -0.2) is 32.3 Å². The van der Waals surface area contributed by atoms with Crippen LogP contribution >= 0.6 is 0 Å². The zero-order valence-electron chi connectivity index (χ0n) is 20.1. The number of benzene rings is 3. The number of amides is 1. The fraction of sp³-hybridized carbons (Fsp3) is 0.133. The highest BCUT2D eigenvalue weighted by molar-refractivity contribution is 5.94. The fourth-order valence-electron chi connectivity index (χ4n) is 4.24. The van der Waals surface area contributed by atoms with Crippen LogP contribution in [0.15, 0.2) is 104 Å². The Hall–Kier alpha value is -4.58. The third-order valence-electron chi connectivity index (χ3n) is 5.97. The second-order valence-electron chi connectivity index (χ2n) is 8.59. The van der Waals surface area contributed by atoms with Crippen LogP contribution in [0.3, 0.4) is 0 Å². The van der Waals surface area contributed by atoms with Crippen LogP contribution in [-0.2, 0) is 6.54 Å². The van der Waals surface area contributed by atoms with Gasteiger partial charge in [-0.25, -0.2) is 9.97 Å². The molecule has 6 nitrogen and oxygen atoms in total. The van der Waals surface area contributed by atoms with Crippen molar-refractivity contribution in [3.63, 3.8) is 0 Å². The standard InChI is InChI=1S/C30H27N5O/c1-2-17-35(30(36)28-13-6-7-16-31-28)20-22-9-8-10-23(18-22)24-14-15-27-26(19-24)29(33-21-32-27)34-25-11-4-3-5-12-25/h3-16,18-19,21H,2,17,20H2,1H3,(H,32,33,34). The van der Waals surface area contributed by atoms with Gasteiger partial charge >= 0.3 is 0 Å². The van der Waals surface area contributed by atoms with Gasteiger partial charge in [0.2, 0.25) is 0 Å². The van der Waals surface area contributed by atoms with Crippen molar-refractivity contribution in [2.75, 3.05) is 11.9 Å². The Labute approximate surface area is 210 Å². The zero-order chi connectivity index (χ0) is 24.7. The number of carbonyl (C=O) groups is 1. The molecule has 0 radical (unpaired) electrons. The molecule has 2 aromatic heterocycles. The Kier molecular flexibility index (Phi) is 6.94. The van der Waals surface area contributed by atoms with Crippen molar-refractivity contribution < 1.29 is 4.79 Å². The molecule has 0 saturated carbocycles. The van der Waals surface area contributed by atoms with Crippen LogP contribution in [0.5, 0.6) is 0 Å². The maximum Gasteiger partial charge on any atom is 0.272 e. The normalized spacial score (nSPS) is 10.8. The summed E-state index contributed by atoms with van der Waals surface area (Å²) in [5.74, 6) is 0.710. The van der Waals surface area contributed by atoms with Gasteiger partial charge in [0.15, 0.2) is 0 Å². The first-order valence-corrected chi connectivity index (χ1v) is 12.1. The number of hydrogen-bond donors (Lipinski definition) is 1. The zero-order valence-corrected chi connectivity index (χ0v) is 20.1. The third-order valence-corrected chi connectivity index (χ3v) is 5.97. The molecule has 6 heteroatoms. The second-order valence-corrected chi connectivity index (χ2v) is 8.59. The van der Waals surface area contributed by atoms with E-state index in [2.05, 4.69) is 57.5 Å². The summed E-state index contributed by atoms with van der Waals surface area (Å²) in [6.45, 7) is 3.27. The Morgan fingerprint density at radius 1 is 0.833 bits per heavy atom. The lowest BCUT2D eigenvalue weighted by atomic mass is 10.0. The van der Waals surface area contributed by atoms with Gasteiger partial charge in [-0.3, -0.25) is 9.78 Å². The average Bonchev–Trinajstić information content (AvgIpc) is 2.93. The summed E-state index contributed by atoms with van der Waals surface area (Å²) in [5.41, 5.74) is 5.52. The highest BCUT2D eigenvalue weighted by Crippen LogP contribution is 2.29. The minimum Gasteiger partial charge on any atom is -0.340 e. The molecule has 1 amide bonds. The summed E-state index contributed by atoms with van der Waals surface area (Å²) in [7, 11) is 0. The molecule has 2 heterocycles. The molecule has 0 atom stereocenters. The van der Waals surface area contributed by atoms with Gasteiger partial charge < -0.3 is 10.2 Å². The number of para-hydroxylation sites is 1. The van der Waals surface area contributed by atoms with Gasteiger partial charge in [0, 0.05) is 30.4 Å². The van der Waals surface area contributed by atoms with Crippen molar-refractivity contribution >= 4 is 28.3 Å². The Balaban J connectivity index is 1.44. The van der Waals surface area contributed by atoms with Crippen molar-refractivity contribution in [3.8, 4) is 11.1 Å². The molecule has 0 aliphatic heterocycles. The van der Waals surface area contributed by atoms with Crippen LogP contribution in [0.1, 0.15) is 29.4 Å². The molecule has 1 N–H and O–H groups in total.